The molecule has 1 atom stereocenters. The highest BCUT2D eigenvalue weighted by atomic mass is 32.1. The van der Waals surface area contributed by atoms with Crippen LogP contribution in [0.3, 0.4) is 0 Å². The summed E-state index contributed by atoms with van der Waals surface area (Å²) in [6.45, 7) is -0.360. The van der Waals surface area contributed by atoms with Gasteiger partial charge < -0.3 is 14.8 Å². The number of aliphatic hydroxyl groups is 2. The molecule has 2 aromatic heterocycles. The molecular weight excluding hydrogens is 357 g/mol. The lowest BCUT2D eigenvalue weighted by Crippen LogP contribution is -2.22. The van der Waals surface area contributed by atoms with E-state index in [1.54, 1.807) is 28.3 Å². The van der Waals surface area contributed by atoms with Crippen molar-refractivity contribution >= 4 is 33.1 Å². The molecule has 6 nitrogen and oxygen atoms in total. The van der Waals surface area contributed by atoms with Crippen LogP contribution in [-0.4, -0.2) is 37.7 Å². The van der Waals surface area contributed by atoms with Crippen molar-refractivity contribution in [2.45, 2.75) is 12.6 Å². The summed E-state index contributed by atoms with van der Waals surface area (Å²) in [5.41, 5.74) is 3.19. The highest BCUT2D eigenvalue weighted by Crippen LogP contribution is 2.27. The van der Waals surface area contributed by atoms with Gasteiger partial charge in [-0.2, -0.15) is 0 Å². The maximum Gasteiger partial charge on any atom is 0.197 e. The van der Waals surface area contributed by atoms with Crippen molar-refractivity contribution in [3.63, 3.8) is 0 Å². The minimum atomic E-state index is -1.01. The Hall–Kier alpha value is -2.68. The van der Waals surface area contributed by atoms with E-state index >= 15 is 0 Å². The molecule has 0 aliphatic rings. The lowest BCUT2D eigenvalue weighted by Gasteiger charge is -2.18. The number of halogens is 1. The summed E-state index contributed by atoms with van der Waals surface area (Å²) >= 11 is 1.37. The summed E-state index contributed by atoms with van der Waals surface area (Å²) in [5, 5.41) is 28.4. The van der Waals surface area contributed by atoms with Gasteiger partial charge in [0.25, 0.3) is 0 Å². The molecule has 8 heteroatoms. The third kappa shape index (κ3) is 2.78. The Kier molecular flexibility index (Phi) is 4.23. The van der Waals surface area contributed by atoms with Crippen LogP contribution in [0.2, 0.25) is 0 Å². The number of nitrogens with zero attached hydrogens (tertiary/aromatic N) is 3. The molecule has 0 radical (unpaired) electrons. The molecule has 0 amide bonds. The van der Waals surface area contributed by atoms with Crippen molar-refractivity contribution in [1.29, 1.82) is 0 Å². The van der Waals surface area contributed by atoms with Crippen molar-refractivity contribution in [3.8, 4) is 10.6 Å². The van der Waals surface area contributed by atoms with Crippen LogP contribution in [0.1, 0.15) is 0 Å². The van der Waals surface area contributed by atoms with Crippen LogP contribution in [0.4, 0.5) is 4.39 Å². The van der Waals surface area contributed by atoms with Crippen molar-refractivity contribution in [2.24, 2.45) is 0 Å². The van der Waals surface area contributed by atoms with E-state index in [1.165, 1.54) is 29.5 Å². The predicted octanol–water partition coefficient (Wildman–Crippen LogP) is 2.17. The molecule has 0 aliphatic heterocycles. The zero-order chi connectivity index (χ0) is 18.3. The Balaban J connectivity index is 2.09. The Labute approximate surface area is 150 Å². The summed E-state index contributed by atoms with van der Waals surface area (Å²) in [5.74, 6) is -0.506. The molecule has 0 saturated heterocycles. The van der Waals surface area contributed by atoms with Crippen LogP contribution in [0.15, 0.2) is 46.7 Å². The summed E-state index contributed by atoms with van der Waals surface area (Å²) in [6.07, 6.45) is -1.01. The number of fused-ring (bicyclic) bond motifs is 2. The van der Waals surface area contributed by atoms with Crippen molar-refractivity contribution in [3.05, 3.63) is 57.9 Å². The molecule has 4 aromatic rings. The molecule has 2 N–H and O–H groups in total. The molecular formula is C18H14FN3O3S. The molecule has 0 saturated carbocycles. The average Bonchev–Trinajstić information content (AvgIpc) is 3.19. The number of benzene rings is 2. The van der Waals surface area contributed by atoms with Crippen LogP contribution in [-0.2, 0) is 6.54 Å². The van der Waals surface area contributed by atoms with Crippen molar-refractivity contribution in [1.82, 2.24) is 14.8 Å². The minimum Gasteiger partial charge on any atom is -0.394 e. The average molecular weight is 371 g/mol. The van der Waals surface area contributed by atoms with Gasteiger partial charge in [0.1, 0.15) is 16.3 Å². The highest BCUT2D eigenvalue weighted by Gasteiger charge is 2.15. The summed E-state index contributed by atoms with van der Waals surface area (Å²) in [6, 6.07) is 9.20. The first-order valence-corrected chi connectivity index (χ1v) is 8.77. The second-order valence-electron chi connectivity index (χ2n) is 5.91. The van der Waals surface area contributed by atoms with Gasteiger partial charge in [0.05, 0.1) is 30.3 Å². The number of pyridine rings is 1. The molecule has 1 unspecified atom stereocenters. The van der Waals surface area contributed by atoms with Gasteiger partial charge in [-0.1, -0.05) is 17.4 Å². The Morgan fingerprint density at radius 1 is 1.15 bits per heavy atom. The van der Waals surface area contributed by atoms with E-state index in [9.17, 15) is 19.4 Å². The van der Waals surface area contributed by atoms with Crippen LogP contribution in [0, 0.1) is 5.82 Å². The molecule has 0 aliphatic carbocycles. The Bertz CT molecular complexity index is 1160. The van der Waals surface area contributed by atoms with Gasteiger partial charge in [-0.25, -0.2) is 4.39 Å². The van der Waals surface area contributed by atoms with E-state index < -0.39 is 18.5 Å². The SMILES string of the molecule is O=c1c2cc(F)ccc2n(CC(O)CO)c2cc(-c3nncs3)ccc12. The molecule has 0 bridgehead atoms. The van der Waals surface area contributed by atoms with E-state index in [1.807, 2.05) is 0 Å². The van der Waals surface area contributed by atoms with Gasteiger partial charge in [-0.05, 0) is 30.3 Å². The first-order valence-electron chi connectivity index (χ1n) is 7.90. The second kappa shape index (κ2) is 6.56. The topological polar surface area (TPSA) is 88.2 Å². The summed E-state index contributed by atoms with van der Waals surface area (Å²) in [4.78, 5) is 12.8. The van der Waals surface area contributed by atoms with Gasteiger partial charge >= 0.3 is 0 Å². The van der Waals surface area contributed by atoms with E-state index in [0.29, 0.717) is 21.4 Å². The monoisotopic (exact) mass is 371 g/mol. The second-order valence-corrected chi connectivity index (χ2v) is 6.75. The lowest BCUT2D eigenvalue weighted by atomic mass is 10.1. The maximum absolute atomic E-state index is 13.7. The molecule has 26 heavy (non-hydrogen) atoms. The number of hydrogen-bond donors (Lipinski definition) is 2. The van der Waals surface area contributed by atoms with E-state index in [2.05, 4.69) is 10.2 Å². The maximum atomic E-state index is 13.7. The van der Waals surface area contributed by atoms with Crippen LogP contribution < -0.4 is 5.43 Å². The van der Waals surface area contributed by atoms with Crippen LogP contribution >= 0.6 is 11.3 Å². The summed E-state index contributed by atoms with van der Waals surface area (Å²) < 4.78 is 15.4. The van der Waals surface area contributed by atoms with Crippen molar-refractivity contribution in [2.75, 3.05) is 6.61 Å². The Morgan fingerprint density at radius 3 is 2.73 bits per heavy atom. The normalized spacial score (nSPS) is 12.7. The third-order valence-electron chi connectivity index (χ3n) is 4.24. The smallest absolute Gasteiger partial charge is 0.197 e. The third-order valence-corrected chi connectivity index (χ3v) is 4.98. The van der Waals surface area contributed by atoms with E-state index in [-0.39, 0.29) is 17.4 Å². The van der Waals surface area contributed by atoms with Crippen LogP contribution in [0.5, 0.6) is 0 Å². The van der Waals surface area contributed by atoms with Gasteiger partial charge in [0, 0.05) is 16.3 Å². The fraction of sp³-hybridized carbons (Fsp3) is 0.167. The number of aliphatic hydroxyl groups excluding tert-OH is 2. The molecule has 132 valence electrons. The molecule has 2 heterocycles. The molecule has 2 aromatic carbocycles. The highest BCUT2D eigenvalue weighted by molar-refractivity contribution is 7.12. The molecule has 0 fully saturated rings. The molecule has 4 rings (SSSR count). The standard InChI is InChI=1S/C18H14FN3O3S/c19-11-2-4-15-14(6-11)17(25)13-3-1-10(18-21-20-9-26-18)5-16(13)22(15)7-12(24)8-23/h1-6,9,12,23-24H,7-8H2. The lowest BCUT2D eigenvalue weighted by molar-refractivity contribution is 0.0830. The van der Waals surface area contributed by atoms with E-state index in [0.717, 1.165) is 5.56 Å². The minimum absolute atomic E-state index is 0.0645. The fourth-order valence-corrected chi connectivity index (χ4v) is 3.60. The van der Waals surface area contributed by atoms with Crippen LogP contribution in [0.25, 0.3) is 32.4 Å². The van der Waals surface area contributed by atoms with Gasteiger partial charge in [-0.15, -0.1) is 10.2 Å². The quantitative estimate of drug-likeness (QED) is 0.537. The zero-order valence-electron chi connectivity index (χ0n) is 13.5. The number of rotatable bonds is 4. The van der Waals surface area contributed by atoms with Gasteiger partial charge in [-0.3, -0.25) is 4.79 Å². The van der Waals surface area contributed by atoms with E-state index in [4.69, 9.17) is 0 Å². The molecule has 0 spiro atoms. The number of aromatic nitrogens is 3. The predicted molar refractivity (Wildman–Crippen MR) is 97.7 cm³/mol. The summed E-state index contributed by atoms with van der Waals surface area (Å²) in [7, 11) is 0. The number of hydrogen-bond acceptors (Lipinski definition) is 6. The Morgan fingerprint density at radius 2 is 2.00 bits per heavy atom. The first kappa shape index (κ1) is 16.8. The van der Waals surface area contributed by atoms with Crippen molar-refractivity contribution < 1.29 is 14.6 Å². The fourth-order valence-electron chi connectivity index (χ4n) is 3.04. The largest absolute Gasteiger partial charge is 0.394 e. The van der Waals surface area contributed by atoms with Gasteiger partial charge in [0.15, 0.2) is 5.43 Å². The van der Waals surface area contributed by atoms with Gasteiger partial charge in [0.2, 0.25) is 0 Å². The first-order chi connectivity index (χ1) is 12.6. The zero-order valence-corrected chi connectivity index (χ0v) is 14.3.